The minimum atomic E-state index is -3.82. The van der Waals surface area contributed by atoms with Crippen LogP contribution in [0.2, 0.25) is 5.02 Å². The van der Waals surface area contributed by atoms with E-state index in [-0.39, 0.29) is 30.9 Å². The van der Waals surface area contributed by atoms with E-state index in [2.05, 4.69) is 29.4 Å². The lowest BCUT2D eigenvalue weighted by Gasteiger charge is -2.15. The van der Waals surface area contributed by atoms with E-state index in [4.69, 9.17) is 25.8 Å². The number of hydrogen-bond acceptors (Lipinski definition) is 9. The Morgan fingerprint density at radius 3 is 2.32 bits per heavy atom. The smallest absolute Gasteiger partial charge is 0.316 e. The van der Waals surface area contributed by atoms with Crippen LogP contribution >= 0.6 is 11.6 Å². The summed E-state index contributed by atoms with van der Waals surface area (Å²) < 4.78 is 44.7. The number of nitrogens with zero attached hydrogens (tertiary/aromatic N) is 4. The maximum absolute atomic E-state index is 12.0. The Morgan fingerprint density at radius 1 is 1.00 bits per heavy atom. The van der Waals surface area contributed by atoms with Crippen molar-refractivity contribution >= 4 is 27.6 Å². The van der Waals surface area contributed by atoms with Crippen LogP contribution in [0.1, 0.15) is 0 Å². The molecular weight excluding hydrogens is 448 g/mol. The Labute approximate surface area is 184 Å². The van der Waals surface area contributed by atoms with Gasteiger partial charge in [0.1, 0.15) is 19.5 Å². The van der Waals surface area contributed by atoms with E-state index < -0.39 is 10.2 Å². The van der Waals surface area contributed by atoms with Crippen LogP contribution in [0.15, 0.2) is 43.0 Å². The molecule has 3 rings (SSSR count). The van der Waals surface area contributed by atoms with Gasteiger partial charge < -0.3 is 14.2 Å². The maximum Gasteiger partial charge on any atom is 0.316 e. The molecule has 0 saturated carbocycles. The quantitative estimate of drug-likeness (QED) is 0.429. The molecule has 2 N–H and O–H groups in total. The predicted molar refractivity (Wildman–Crippen MR) is 114 cm³/mol. The fraction of sp³-hybridized carbons (Fsp3) is 0.222. The summed E-state index contributed by atoms with van der Waals surface area (Å²) in [7, 11) is -1.03. The number of benzene rings is 1. The number of rotatable bonds is 10. The summed E-state index contributed by atoms with van der Waals surface area (Å²) in [5.41, 5.74) is 0.951. The minimum absolute atomic E-state index is 0.0427. The van der Waals surface area contributed by atoms with Gasteiger partial charge in [0.2, 0.25) is 5.88 Å². The molecule has 31 heavy (non-hydrogen) atoms. The summed E-state index contributed by atoms with van der Waals surface area (Å²) in [4.78, 5) is 16.2. The van der Waals surface area contributed by atoms with Crippen molar-refractivity contribution in [2.45, 2.75) is 0 Å². The van der Waals surface area contributed by atoms with Crippen LogP contribution < -0.4 is 23.7 Å². The van der Waals surface area contributed by atoms with Crippen molar-refractivity contribution in [3.8, 4) is 28.8 Å². The highest BCUT2D eigenvalue weighted by molar-refractivity contribution is 7.90. The van der Waals surface area contributed by atoms with Crippen LogP contribution in [-0.2, 0) is 10.2 Å². The van der Waals surface area contributed by atoms with Crippen molar-refractivity contribution in [2.75, 3.05) is 32.1 Å². The minimum Gasteiger partial charge on any atom is -0.494 e. The number of anilines is 1. The number of methoxy groups -OCH3 is 1. The SMILES string of the molecule is CNS(=O)(=O)Nc1ncnc(OCCOc2ncc(OC)cn2)c1-c1ccc(Cl)cc1. The van der Waals surface area contributed by atoms with E-state index in [1.54, 1.807) is 24.3 Å². The van der Waals surface area contributed by atoms with Crippen LogP contribution in [0.3, 0.4) is 0 Å². The highest BCUT2D eigenvalue weighted by Crippen LogP contribution is 2.34. The van der Waals surface area contributed by atoms with E-state index in [0.717, 1.165) is 0 Å². The molecule has 0 aliphatic carbocycles. The topological polar surface area (TPSA) is 137 Å². The third-order valence-corrected chi connectivity index (χ3v) is 5.09. The van der Waals surface area contributed by atoms with Gasteiger partial charge in [0.25, 0.3) is 10.2 Å². The molecule has 0 spiro atoms. The Bertz CT molecular complexity index is 1110. The molecule has 0 radical (unpaired) electrons. The van der Waals surface area contributed by atoms with Crippen molar-refractivity contribution in [1.82, 2.24) is 24.7 Å². The number of nitrogens with one attached hydrogen (secondary N) is 2. The van der Waals surface area contributed by atoms with E-state index in [1.165, 1.54) is 32.9 Å². The first-order valence-corrected chi connectivity index (χ1v) is 10.7. The predicted octanol–water partition coefficient (Wildman–Crippen LogP) is 1.93. The molecule has 13 heteroatoms. The maximum atomic E-state index is 12.0. The molecule has 11 nitrogen and oxygen atoms in total. The summed E-state index contributed by atoms with van der Waals surface area (Å²) in [6.07, 6.45) is 4.15. The van der Waals surface area contributed by atoms with Crippen molar-refractivity contribution in [3.05, 3.63) is 48.0 Å². The van der Waals surface area contributed by atoms with Gasteiger partial charge in [0, 0.05) is 12.1 Å². The first kappa shape index (κ1) is 22.5. The largest absolute Gasteiger partial charge is 0.494 e. The fourth-order valence-corrected chi connectivity index (χ4v) is 3.00. The molecule has 0 saturated heterocycles. The van der Waals surface area contributed by atoms with E-state index in [1.807, 2.05) is 0 Å². The molecule has 1 aromatic carbocycles. The molecule has 0 bridgehead atoms. The first-order valence-electron chi connectivity index (χ1n) is 8.85. The van der Waals surface area contributed by atoms with Crippen LogP contribution in [0.4, 0.5) is 5.82 Å². The molecule has 0 atom stereocenters. The van der Waals surface area contributed by atoms with Crippen LogP contribution in [0.5, 0.6) is 17.6 Å². The molecule has 2 heterocycles. The normalized spacial score (nSPS) is 11.1. The summed E-state index contributed by atoms with van der Waals surface area (Å²) in [5.74, 6) is 0.709. The lowest BCUT2D eigenvalue weighted by atomic mass is 10.1. The Balaban J connectivity index is 1.79. The zero-order chi connectivity index (χ0) is 22.3. The van der Waals surface area contributed by atoms with Gasteiger partial charge >= 0.3 is 6.01 Å². The third-order valence-electron chi connectivity index (χ3n) is 3.84. The molecule has 0 aliphatic rings. The van der Waals surface area contributed by atoms with Crippen molar-refractivity contribution < 1.29 is 22.6 Å². The van der Waals surface area contributed by atoms with Gasteiger partial charge in [0.15, 0.2) is 11.6 Å². The Hall–Kier alpha value is -3.22. The average Bonchev–Trinajstić information content (AvgIpc) is 2.78. The molecular formula is C18H19ClN6O5S. The van der Waals surface area contributed by atoms with E-state index in [9.17, 15) is 8.42 Å². The number of hydrogen-bond donors (Lipinski definition) is 2. The standard InChI is InChI=1S/C18H19ClN6O5S/c1-20-31(26,27)25-16-15(12-3-5-13(19)6-4-12)17(24-11-23-16)29-7-8-30-18-21-9-14(28-2)10-22-18/h3-6,9-11,20H,7-8H2,1-2H3,(H,23,24,25). The number of ether oxygens (including phenoxy) is 3. The van der Waals surface area contributed by atoms with Gasteiger partial charge in [-0.2, -0.15) is 18.4 Å². The van der Waals surface area contributed by atoms with Gasteiger partial charge in [-0.1, -0.05) is 23.7 Å². The molecule has 0 unspecified atom stereocenters. The third kappa shape index (κ3) is 6.13. The summed E-state index contributed by atoms with van der Waals surface area (Å²) in [6.45, 7) is 0.208. The molecule has 0 aliphatic heterocycles. The summed E-state index contributed by atoms with van der Waals surface area (Å²) in [5, 5.41) is 0.522. The van der Waals surface area contributed by atoms with Gasteiger partial charge in [-0.05, 0) is 17.7 Å². The molecule has 0 fully saturated rings. The van der Waals surface area contributed by atoms with Crippen LogP contribution in [-0.4, -0.2) is 55.7 Å². The Morgan fingerprint density at radius 2 is 1.68 bits per heavy atom. The molecule has 0 amide bonds. The fourth-order valence-electron chi connectivity index (χ4n) is 2.37. The molecule has 3 aromatic rings. The second kappa shape index (κ2) is 10.2. The van der Waals surface area contributed by atoms with Crippen molar-refractivity contribution in [2.24, 2.45) is 0 Å². The molecule has 164 valence electrons. The van der Waals surface area contributed by atoms with Crippen molar-refractivity contribution in [3.63, 3.8) is 0 Å². The highest BCUT2D eigenvalue weighted by Gasteiger charge is 2.19. The molecule has 2 aromatic heterocycles. The lowest BCUT2D eigenvalue weighted by molar-refractivity contribution is 0.201. The van der Waals surface area contributed by atoms with Gasteiger partial charge in [-0.25, -0.2) is 14.7 Å². The summed E-state index contributed by atoms with van der Waals surface area (Å²) in [6, 6.07) is 6.88. The van der Waals surface area contributed by atoms with Gasteiger partial charge in [-0.3, -0.25) is 4.72 Å². The second-order valence-corrected chi connectivity index (χ2v) is 7.88. The first-order chi connectivity index (χ1) is 14.9. The number of halogens is 1. The summed E-state index contributed by atoms with van der Waals surface area (Å²) >= 11 is 5.97. The van der Waals surface area contributed by atoms with Gasteiger partial charge in [0.05, 0.1) is 25.1 Å². The Kier molecular flexibility index (Phi) is 7.39. The van der Waals surface area contributed by atoms with Crippen molar-refractivity contribution in [1.29, 1.82) is 0 Å². The zero-order valence-electron chi connectivity index (χ0n) is 16.6. The highest BCUT2D eigenvalue weighted by atomic mass is 35.5. The average molecular weight is 467 g/mol. The number of aromatic nitrogens is 4. The van der Waals surface area contributed by atoms with Crippen LogP contribution in [0.25, 0.3) is 11.1 Å². The van der Waals surface area contributed by atoms with E-state index >= 15 is 0 Å². The van der Waals surface area contributed by atoms with Crippen LogP contribution in [0, 0.1) is 0 Å². The zero-order valence-corrected chi connectivity index (χ0v) is 18.1. The lowest BCUT2D eigenvalue weighted by Crippen LogP contribution is -2.27. The van der Waals surface area contributed by atoms with Gasteiger partial charge in [-0.15, -0.1) is 0 Å². The second-order valence-electron chi connectivity index (χ2n) is 5.82. The monoisotopic (exact) mass is 466 g/mol. The van der Waals surface area contributed by atoms with E-state index in [0.29, 0.717) is 21.9 Å².